The predicted octanol–water partition coefficient (Wildman–Crippen LogP) is 1.39. The van der Waals surface area contributed by atoms with Crippen molar-refractivity contribution in [1.29, 1.82) is 0 Å². The van der Waals surface area contributed by atoms with Crippen LogP contribution in [-0.4, -0.2) is 50.1 Å². The second-order valence-corrected chi connectivity index (χ2v) is 7.16. The Morgan fingerprint density at radius 1 is 1.40 bits per heavy atom. The Morgan fingerprint density at radius 3 is 2.96 bits per heavy atom. The third kappa shape index (κ3) is 3.87. The van der Waals surface area contributed by atoms with Gasteiger partial charge in [0, 0.05) is 37.3 Å². The molecule has 2 N–H and O–H groups in total. The Bertz CT molecular complexity index is 726. The number of carbonyl (C=O) groups excluding carboxylic acids is 1. The van der Waals surface area contributed by atoms with Crippen molar-refractivity contribution < 1.29 is 4.79 Å². The topological polar surface area (TPSA) is 86.8 Å². The second-order valence-electron chi connectivity index (χ2n) is 7.16. The van der Waals surface area contributed by atoms with Gasteiger partial charge in [0.1, 0.15) is 5.82 Å². The minimum absolute atomic E-state index is 0.0497. The zero-order valence-corrected chi connectivity index (χ0v) is 14.5. The molecule has 7 heteroatoms. The first-order valence-electron chi connectivity index (χ1n) is 8.99. The SMILES string of the molecule is Cc1nc([C@H]2CCN(Cc3cccnc3)C[C@H]2NC(=O)C2CC2)n[nH]1. The quantitative estimate of drug-likeness (QED) is 0.859. The first-order chi connectivity index (χ1) is 12.2. The van der Waals surface area contributed by atoms with Gasteiger partial charge in [-0.25, -0.2) is 4.98 Å². The predicted molar refractivity (Wildman–Crippen MR) is 92.6 cm³/mol. The lowest BCUT2D eigenvalue weighted by Gasteiger charge is -2.37. The molecule has 2 fully saturated rings. The number of nitrogens with zero attached hydrogens (tertiary/aromatic N) is 4. The van der Waals surface area contributed by atoms with Gasteiger partial charge >= 0.3 is 0 Å². The molecule has 1 aliphatic heterocycles. The molecular formula is C18H24N6O. The van der Waals surface area contributed by atoms with E-state index in [2.05, 4.69) is 36.4 Å². The number of pyridine rings is 1. The van der Waals surface area contributed by atoms with Gasteiger partial charge in [0.15, 0.2) is 5.82 Å². The average Bonchev–Trinajstić information content (AvgIpc) is 3.38. The Morgan fingerprint density at radius 2 is 2.28 bits per heavy atom. The molecule has 0 bridgehead atoms. The van der Waals surface area contributed by atoms with Gasteiger partial charge in [0.2, 0.25) is 5.91 Å². The van der Waals surface area contributed by atoms with E-state index in [9.17, 15) is 4.79 Å². The van der Waals surface area contributed by atoms with Gasteiger partial charge in [-0.2, -0.15) is 5.10 Å². The number of nitrogens with one attached hydrogen (secondary N) is 2. The van der Waals surface area contributed by atoms with E-state index in [1.165, 1.54) is 5.56 Å². The molecule has 1 amide bonds. The third-order valence-corrected chi connectivity index (χ3v) is 5.05. The van der Waals surface area contributed by atoms with Crippen molar-refractivity contribution in [2.75, 3.05) is 13.1 Å². The van der Waals surface area contributed by atoms with Gasteiger partial charge in [0.05, 0.1) is 6.04 Å². The summed E-state index contributed by atoms with van der Waals surface area (Å²) in [5.41, 5.74) is 1.20. The molecule has 0 radical (unpaired) electrons. The van der Waals surface area contributed by atoms with Crippen molar-refractivity contribution in [3.8, 4) is 0 Å². The summed E-state index contributed by atoms with van der Waals surface area (Å²) in [5.74, 6) is 2.20. The highest BCUT2D eigenvalue weighted by molar-refractivity contribution is 5.81. The van der Waals surface area contributed by atoms with Crippen LogP contribution in [0.25, 0.3) is 0 Å². The summed E-state index contributed by atoms with van der Waals surface area (Å²) >= 11 is 0. The van der Waals surface area contributed by atoms with Crippen LogP contribution in [0.3, 0.4) is 0 Å². The fourth-order valence-corrected chi connectivity index (χ4v) is 3.54. The highest BCUT2D eigenvalue weighted by Crippen LogP contribution is 2.31. The van der Waals surface area contributed by atoms with E-state index in [0.29, 0.717) is 0 Å². The number of hydrogen-bond donors (Lipinski definition) is 2. The molecule has 25 heavy (non-hydrogen) atoms. The van der Waals surface area contributed by atoms with E-state index in [0.717, 1.165) is 50.5 Å². The Hall–Kier alpha value is -2.28. The van der Waals surface area contributed by atoms with Crippen LogP contribution in [0.15, 0.2) is 24.5 Å². The maximum Gasteiger partial charge on any atom is 0.223 e. The standard InChI is InChI=1S/C18H24N6O/c1-12-20-17(23-22-12)15-6-8-24(10-13-3-2-7-19-9-13)11-16(15)21-18(25)14-4-5-14/h2-3,7,9,14-16H,4-6,8,10-11H2,1H3,(H,21,25)(H,20,22,23)/t15-,16+/m0/s1. The van der Waals surface area contributed by atoms with Crippen molar-refractivity contribution in [2.45, 2.75) is 44.7 Å². The zero-order chi connectivity index (χ0) is 17.2. The molecule has 0 unspecified atom stereocenters. The molecular weight excluding hydrogens is 316 g/mol. The van der Waals surface area contributed by atoms with E-state index in [1.54, 1.807) is 6.20 Å². The number of aryl methyl sites for hydroxylation is 1. The van der Waals surface area contributed by atoms with Crippen molar-refractivity contribution >= 4 is 5.91 Å². The number of aromatic nitrogens is 4. The third-order valence-electron chi connectivity index (χ3n) is 5.05. The number of carbonyl (C=O) groups is 1. The van der Waals surface area contributed by atoms with Crippen molar-refractivity contribution in [3.05, 3.63) is 41.7 Å². The molecule has 7 nitrogen and oxygen atoms in total. The van der Waals surface area contributed by atoms with Crippen molar-refractivity contribution in [2.24, 2.45) is 5.92 Å². The van der Waals surface area contributed by atoms with Gasteiger partial charge in [-0.3, -0.25) is 19.8 Å². The lowest BCUT2D eigenvalue weighted by atomic mass is 9.90. The summed E-state index contributed by atoms with van der Waals surface area (Å²) in [6, 6.07) is 4.11. The molecule has 1 saturated heterocycles. The number of piperidine rings is 1. The average molecular weight is 340 g/mol. The molecule has 2 aliphatic rings. The number of hydrogen-bond acceptors (Lipinski definition) is 5. The number of H-pyrrole nitrogens is 1. The monoisotopic (exact) mass is 340 g/mol. The lowest BCUT2D eigenvalue weighted by molar-refractivity contribution is -0.123. The van der Waals surface area contributed by atoms with E-state index >= 15 is 0 Å². The van der Waals surface area contributed by atoms with Crippen LogP contribution in [0.5, 0.6) is 0 Å². The number of rotatable bonds is 5. The van der Waals surface area contributed by atoms with Crippen LogP contribution in [0, 0.1) is 12.8 Å². The fourth-order valence-electron chi connectivity index (χ4n) is 3.54. The maximum atomic E-state index is 12.3. The minimum Gasteiger partial charge on any atom is -0.351 e. The molecule has 2 aromatic rings. The largest absolute Gasteiger partial charge is 0.351 e. The molecule has 0 spiro atoms. The van der Waals surface area contributed by atoms with Crippen molar-refractivity contribution in [1.82, 2.24) is 30.4 Å². The highest BCUT2D eigenvalue weighted by atomic mass is 16.2. The molecule has 132 valence electrons. The van der Waals surface area contributed by atoms with Crippen LogP contribution in [0.4, 0.5) is 0 Å². The summed E-state index contributed by atoms with van der Waals surface area (Å²) in [6.07, 6.45) is 6.67. The Kier molecular flexibility index (Phi) is 4.48. The molecule has 2 atom stereocenters. The smallest absolute Gasteiger partial charge is 0.223 e. The van der Waals surface area contributed by atoms with Crippen LogP contribution in [0.2, 0.25) is 0 Å². The Labute approximate surface area is 147 Å². The summed E-state index contributed by atoms with van der Waals surface area (Å²) in [7, 11) is 0. The van der Waals surface area contributed by atoms with Gasteiger partial charge in [-0.1, -0.05) is 6.07 Å². The fraction of sp³-hybridized carbons (Fsp3) is 0.556. The number of likely N-dealkylation sites (tertiary alicyclic amines) is 1. The van der Waals surface area contributed by atoms with Gasteiger partial charge in [-0.15, -0.1) is 0 Å². The number of aromatic amines is 1. The van der Waals surface area contributed by atoms with Crippen LogP contribution < -0.4 is 5.32 Å². The normalized spacial score (nSPS) is 24.2. The summed E-state index contributed by atoms with van der Waals surface area (Å²) in [4.78, 5) is 23.4. The first-order valence-corrected chi connectivity index (χ1v) is 8.99. The van der Waals surface area contributed by atoms with Crippen LogP contribution >= 0.6 is 0 Å². The Balaban J connectivity index is 1.47. The molecule has 2 aromatic heterocycles. The van der Waals surface area contributed by atoms with E-state index in [-0.39, 0.29) is 23.8 Å². The zero-order valence-electron chi connectivity index (χ0n) is 14.5. The molecule has 1 aliphatic carbocycles. The maximum absolute atomic E-state index is 12.3. The first kappa shape index (κ1) is 16.2. The highest BCUT2D eigenvalue weighted by Gasteiger charge is 2.37. The van der Waals surface area contributed by atoms with E-state index in [1.807, 2.05) is 19.2 Å². The molecule has 1 saturated carbocycles. The second kappa shape index (κ2) is 6.92. The van der Waals surface area contributed by atoms with Gasteiger partial charge in [0.25, 0.3) is 0 Å². The van der Waals surface area contributed by atoms with E-state index in [4.69, 9.17) is 0 Å². The van der Waals surface area contributed by atoms with Crippen LogP contribution in [0.1, 0.15) is 42.4 Å². The minimum atomic E-state index is 0.0497. The van der Waals surface area contributed by atoms with E-state index < -0.39 is 0 Å². The summed E-state index contributed by atoms with van der Waals surface area (Å²) < 4.78 is 0. The van der Waals surface area contributed by atoms with Gasteiger partial charge < -0.3 is 5.32 Å². The molecule has 0 aromatic carbocycles. The lowest BCUT2D eigenvalue weighted by Crippen LogP contribution is -2.52. The molecule has 3 heterocycles. The summed E-state index contributed by atoms with van der Waals surface area (Å²) in [5, 5.41) is 10.5. The number of amides is 1. The van der Waals surface area contributed by atoms with Crippen LogP contribution in [-0.2, 0) is 11.3 Å². The van der Waals surface area contributed by atoms with Gasteiger partial charge in [-0.05, 0) is 44.4 Å². The summed E-state index contributed by atoms with van der Waals surface area (Å²) in [6.45, 7) is 4.53. The van der Waals surface area contributed by atoms with Crippen molar-refractivity contribution in [3.63, 3.8) is 0 Å². The molecule has 4 rings (SSSR count).